The average Bonchev–Trinajstić information content (AvgIpc) is 2.65. The van der Waals surface area contributed by atoms with Crippen LogP contribution in [0.1, 0.15) is 18.1 Å². The highest BCUT2D eigenvalue weighted by Crippen LogP contribution is 2.31. The zero-order chi connectivity index (χ0) is 19.6. The minimum absolute atomic E-state index is 0.583. The Hall–Kier alpha value is -2.32. The molecule has 2 aromatic rings. The summed E-state index contributed by atoms with van der Waals surface area (Å²) in [6.45, 7) is 5.59. The van der Waals surface area contributed by atoms with Gasteiger partial charge in [0.2, 0.25) is 0 Å². The van der Waals surface area contributed by atoms with Crippen LogP contribution in [0.3, 0.4) is 0 Å². The van der Waals surface area contributed by atoms with Gasteiger partial charge in [-0.15, -0.1) is 5.11 Å². The van der Waals surface area contributed by atoms with Gasteiger partial charge >= 0.3 is 0 Å². The molecular weight excluding hydrogens is 346 g/mol. The van der Waals surface area contributed by atoms with Gasteiger partial charge in [0.15, 0.2) is 6.23 Å². The maximum Gasteiger partial charge on any atom is 0.157 e. The predicted molar refractivity (Wildman–Crippen MR) is 103 cm³/mol. The first-order valence-corrected chi connectivity index (χ1v) is 8.90. The first-order valence-electron chi connectivity index (χ1n) is 8.90. The number of nitrogens with zero attached hydrogens (tertiary/aromatic N) is 2. The number of azo groups is 1. The number of aliphatic hydroxyl groups is 3. The molecule has 1 saturated heterocycles. The van der Waals surface area contributed by atoms with Gasteiger partial charge in [0, 0.05) is 0 Å². The van der Waals surface area contributed by atoms with Crippen LogP contribution in [0.4, 0.5) is 17.1 Å². The fourth-order valence-corrected chi connectivity index (χ4v) is 2.89. The van der Waals surface area contributed by atoms with Gasteiger partial charge in [-0.2, -0.15) is 5.11 Å². The molecule has 0 bridgehead atoms. The second kappa shape index (κ2) is 8.14. The molecule has 1 heterocycles. The number of hydrogen-bond donors (Lipinski definition) is 4. The van der Waals surface area contributed by atoms with Crippen molar-refractivity contribution in [2.45, 2.75) is 51.4 Å². The van der Waals surface area contributed by atoms with Gasteiger partial charge in [0.25, 0.3) is 0 Å². The summed E-state index contributed by atoms with van der Waals surface area (Å²) in [6, 6.07) is 13.3. The van der Waals surface area contributed by atoms with Crippen molar-refractivity contribution in [1.82, 2.24) is 0 Å². The Labute approximate surface area is 158 Å². The number of hydrogen-bond acceptors (Lipinski definition) is 7. The van der Waals surface area contributed by atoms with Crippen molar-refractivity contribution < 1.29 is 20.1 Å². The molecule has 2 aromatic carbocycles. The number of aryl methyl sites for hydroxylation is 2. The van der Waals surface area contributed by atoms with Crippen molar-refractivity contribution in [2.24, 2.45) is 10.2 Å². The molecular formula is C20H25N3O4. The summed E-state index contributed by atoms with van der Waals surface area (Å²) in [5, 5.41) is 41.7. The molecule has 7 heteroatoms. The van der Waals surface area contributed by atoms with E-state index >= 15 is 0 Å². The Kier molecular flexibility index (Phi) is 5.86. The Balaban J connectivity index is 1.82. The molecule has 1 aliphatic rings. The maximum absolute atomic E-state index is 10.2. The van der Waals surface area contributed by atoms with E-state index in [4.69, 9.17) is 4.74 Å². The van der Waals surface area contributed by atoms with Crippen LogP contribution in [-0.4, -0.2) is 46.0 Å². The van der Waals surface area contributed by atoms with Gasteiger partial charge in [0.05, 0.1) is 17.5 Å². The Morgan fingerprint density at radius 2 is 1.52 bits per heavy atom. The molecule has 7 nitrogen and oxygen atoms in total. The fourth-order valence-electron chi connectivity index (χ4n) is 2.89. The Morgan fingerprint density at radius 3 is 2.22 bits per heavy atom. The number of ether oxygens (including phenoxy) is 1. The lowest BCUT2D eigenvalue weighted by molar-refractivity contribution is -0.209. The van der Waals surface area contributed by atoms with E-state index in [0.717, 1.165) is 16.8 Å². The monoisotopic (exact) mass is 371 g/mol. The Bertz CT molecular complexity index is 809. The van der Waals surface area contributed by atoms with Gasteiger partial charge in [-0.25, -0.2) is 0 Å². The quantitative estimate of drug-likeness (QED) is 0.618. The van der Waals surface area contributed by atoms with Crippen LogP contribution in [0.5, 0.6) is 0 Å². The van der Waals surface area contributed by atoms with Gasteiger partial charge in [-0.05, 0) is 50.6 Å². The highest BCUT2D eigenvalue weighted by atomic mass is 16.5. The summed E-state index contributed by atoms with van der Waals surface area (Å²) in [7, 11) is 0. The smallest absolute Gasteiger partial charge is 0.157 e. The van der Waals surface area contributed by atoms with Crippen molar-refractivity contribution in [3.8, 4) is 0 Å². The van der Waals surface area contributed by atoms with Crippen molar-refractivity contribution in [3.63, 3.8) is 0 Å². The first-order chi connectivity index (χ1) is 12.8. The SMILES string of the molecule is Cc1ccc(N=Nc2cc(C)ccc2N[C@@H]2O[C@@H](C)[C@@H](O)[C@@H](O)[C@@H]2O)cc1. The van der Waals surface area contributed by atoms with Crippen LogP contribution in [0.15, 0.2) is 52.7 Å². The molecule has 3 rings (SSSR count). The molecule has 144 valence electrons. The molecule has 0 aliphatic carbocycles. The summed E-state index contributed by atoms with van der Waals surface area (Å²) in [5.74, 6) is 0. The van der Waals surface area contributed by atoms with Crippen LogP contribution in [0.25, 0.3) is 0 Å². The summed E-state index contributed by atoms with van der Waals surface area (Å²) < 4.78 is 5.60. The van der Waals surface area contributed by atoms with Crippen molar-refractivity contribution >= 4 is 17.1 Å². The maximum atomic E-state index is 10.2. The molecule has 27 heavy (non-hydrogen) atoms. The number of nitrogens with one attached hydrogen (secondary N) is 1. The van der Waals surface area contributed by atoms with E-state index in [-0.39, 0.29) is 0 Å². The lowest BCUT2D eigenvalue weighted by Gasteiger charge is -2.39. The third-order valence-corrected chi connectivity index (χ3v) is 4.61. The van der Waals surface area contributed by atoms with E-state index in [1.165, 1.54) is 0 Å². The first kappa shape index (κ1) is 19.4. The third kappa shape index (κ3) is 4.51. The minimum atomic E-state index is -1.30. The molecule has 0 amide bonds. The third-order valence-electron chi connectivity index (χ3n) is 4.61. The Morgan fingerprint density at radius 1 is 0.852 bits per heavy atom. The zero-order valence-corrected chi connectivity index (χ0v) is 15.6. The number of aliphatic hydroxyl groups excluding tert-OH is 3. The highest BCUT2D eigenvalue weighted by molar-refractivity contribution is 5.66. The van der Waals surface area contributed by atoms with E-state index in [2.05, 4.69) is 15.5 Å². The fraction of sp³-hybridized carbons (Fsp3) is 0.400. The van der Waals surface area contributed by atoms with Crippen LogP contribution >= 0.6 is 0 Å². The van der Waals surface area contributed by atoms with Crippen LogP contribution < -0.4 is 5.32 Å². The van der Waals surface area contributed by atoms with Gasteiger partial charge in [0.1, 0.15) is 24.0 Å². The van der Waals surface area contributed by atoms with Gasteiger partial charge < -0.3 is 25.4 Å². The average molecular weight is 371 g/mol. The molecule has 1 aliphatic heterocycles. The summed E-state index contributed by atoms with van der Waals surface area (Å²) in [6.07, 6.45) is -5.22. The molecule has 0 aromatic heterocycles. The van der Waals surface area contributed by atoms with E-state index in [9.17, 15) is 15.3 Å². The van der Waals surface area contributed by atoms with Crippen molar-refractivity contribution in [1.29, 1.82) is 0 Å². The topological polar surface area (TPSA) is 107 Å². The molecule has 0 unspecified atom stereocenters. The van der Waals surface area contributed by atoms with Gasteiger partial charge in [-0.3, -0.25) is 0 Å². The summed E-state index contributed by atoms with van der Waals surface area (Å²) in [5.41, 5.74) is 4.07. The second-order valence-corrected chi connectivity index (χ2v) is 6.93. The highest BCUT2D eigenvalue weighted by Gasteiger charge is 2.41. The minimum Gasteiger partial charge on any atom is -0.388 e. The van der Waals surface area contributed by atoms with Crippen molar-refractivity contribution in [3.05, 3.63) is 53.6 Å². The molecule has 4 N–H and O–H groups in total. The number of rotatable bonds is 4. The summed E-state index contributed by atoms with van der Waals surface area (Å²) >= 11 is 0. The lowest BCUT2D eigenvalue weighted by Crippen LogP contribution is -2.58. The van der Waals surface area contributed by atoms with Gasteiger partial charge in [-0.1, -0.05) is 23.8 Å². The molecule has 1 fully saturated rings. The van der Waals surface area contributed by atoms with Crippen LogP contribution in [0, 0.1) is 13.8 Å². The molecule has 0 radical (unpaired) electrons. The van der Waals surface area contributed by atoms with Crippen LogP contribution in [-0.2, 0) is 4.74 Å². The standard InChI is InChI=1S/C20H25N3O4/c1-11-4-7-14(8-5-11)22-23-16-10-12(2)6-9-15(16)21-20-19(26)18(25)17(24)13(3)27-20/h4-10,13,17-21,24-26H,1-3H3/t13-,17+,18+,19-,20+/m0/s1. The van der Waals surface area contributed by atoms with E-state index in [0.29, 0.717) is 11.4 Å². The lowest BCUT2D eigenvalue weighted by atomic mass is 9.99. The van der Waals surface area contributed by atoms with E-state index < -0.39 is 30.6 Å². The largest absolute Gasteiger partial charge is 0.388 e. The predicted octanol–water partition coefficient (Wildman–Crippen LogP) is 2.96. The molecule has 5 atom stereocenters. The van der Waals surface area contributed by atoms with E-state index in [1.807, 2.05) is 56.3 Å². The van der Waals surface area contributed by atoms with Crippen LogP contribution in [0.2, 0.25) is 0 Å². The second-order valence-electron chi connectivity index (χ2n) is 6.93. The van der Waals surface area contributed by atoms with Crippen molar-refractivity contribution in [2.75, 3.05) is 5.32 Å². The normalized spacial score (nSPS) is 28.4. The molecule has 0 saturated carbocycles. The number of benzene rings is 2. The summed E-state index contributed by atoms with van der Waals surface area (Å²) in [4.78, 5) is 0. The number of anilines is 1. The zero-order valence-electron chi connectivity index (χ0n) is 15.6. The van der Waals surface area contributed by atoms with E-state index in [1.54, 1.807) is 6.92 Å². The molecule has 0 spiro atoms.